The summed E-state index contributed by atoms with van der Waals surface area (Å²) in [5.74, 6) is 2.46. The van der Waals surface area contributed by atoms with Crippen LogP contribution in [0.2, 0.25) is 0 Å². The summed E-state index contributed by atoms with van der Waals surface area (Å²) in [5, 5.41) is 16.2. The van der Waals surface area contributed by atoms with Gasteiger partial charge in [0.15, 0.2) is 11.5 Å². The van der Waals surface area contributed by atoms with E-state index in [0.717, 1.165) is 11.4 Å². The van der Waals surface area contributed by atoms with Crippen LogP contribution in [0.1, 0.15) is 13.8 Å². The van der Waals surface area contributed by atoms with Crippen molar-refractivity contribution < 1.29 is 14.6 Å². The third-order valence-electron chi connectivity index (χ3n) is 4.63. The lowest BCUT2D eigenvalue weighted by atomic mass is 10.1. The molecule has 0 amide bonds. The number of nitrogens with zero attached hydrogens (tertiary/aromatic N) is 3. The average Bonchev–Trinajstić information content (AvgIpc) is 2.77. The molecule has 2 aromatic heterocycles. The zero-order valence-corrected chi connectivity index (χ0v) is 17.6. The molecule has 0 bridgehead atoms. The monoisotopic (exact) mass is 409 g/mol. The van der Waals surface area contributed by atoms with Crippen molar-refractivity contribution in [1.82, 2.24) is 15.0 Å². The predicted molar refractivity (Wildman–Crippen MR) is 117 cm³/mol. The van der Waals surface area contributed by atoms with E-state index in [9.17, 15) is 5.11 Å². The van der Waals surface area contributed by atoms with Crippen molar-refractivity contribution in [2.45, 2.75) is 19.9 Å². The van der Waals surface area contributed by atoms with Crippen molar-refractivity contribution >= 4 is 17.5 Å². The molecule has 158 valence electrons. The lowest BCUT2D eigenvalue weighted by Gasteiger charge is -2.20. The van der Waals surface area contributed by atoms with E-state index in [4.69, 9.17) is 9.47 Å². The van der Waals surface area contributed by atoms with Crippen LogP contribution >= 0.6 is 0 Å². The zero-order chi connectivity index (χ0) is 21.5. The molecule has 0 fully saturated rings. The summed E-state index contributed by atoms with van der Waals surface area (Å²) in [5.41, 5.74) is 2.17. The Kier molecular flexibility index (Phi) is 7.03. The zero-order valence-electron chi connectivity index (χ0n) is 17.6. The number of hydrogen-bond donors (Lipinski definition) is 3. The fraction of sp³-hybridized carbons (Fsp3) is 0.318. The minimum atomic E-state index is -0.169. The predicted octanol–water partition coefficient (Wildman–Crippen LogP) is 3.73. The van der Waals surface area contributed by atoms with E-state index < -0.39 is 0 Å². The molecule has 0 saturated carbocycles. The minimum absolute atomic E-state index is 0.0206. The van der Waals surface area contributed by atoms with Crippen molar-refractivity contribution in [3.8, 4) is 22.9 Å². The Morgan fingerprint density at radius 3 is 2.40 bits per heavy atom. The number of aliphatic hydroxyl groups is 1. The first-order valence-electron chi connectivity index (χ1n) is 9.71. The van der Waals surface area contributed by atoms with Gasteiger partial charge in [0.2, 0.25) is 5.95 Å². The van der Waals surface area contributed by atoms with E-state index in [1.54, 1.807) is 20.4 Å². The maximum Gasteiger partial charge on any atom is 0.225 e. The molecule has 30 heavy (non-hydrogen) atoms. The highest BCUT2D eigenvalue weighted by Gasteiger charge is 2.16. The van der Waals surface area contributed by atoms with E-state index in [-0.39, 0.29) is 18.6 Å². The molecule has 1 aromatic carbocycles. The number of aliphatic hydroxyl groups excluding tert-OH is 1. The molecule has 3 aromatic rings. The average molecular weight is 409 g/mol. The van der Waals surface area contributed by atoms with E-state index >= 15 is 0 Å². The Balaban J connectivity index is 1.97. The van der Waals surface area contributed by atoms with Crippen LogP contribution in [0.4, 0.5) is 17.5 Å². The highest BCUT2D eigenvalue weighted by Crippen LogP contribution is 2.31. The van der Waals surface area contributed by atoms with Gasteiger partial charge in [-0.2, -0.15) is 4.98 Å². The summed E-state index contributed by atoms with van der Waals surface area (Å²) in [6.07, 6.45) is 1.72. The maximum atomic E-state index is 9.68. The minimum Gasteiger partial charge on any atom is -0.493 e. The number of aromatic nitrogens is 3. The molecule has 0 unspecified atom stereocenters. The smallest absolute Gasteiger partial charge is 0.225 e. The molecule has 2 heterocycles. The van der Waals surface area contributed by atoms with Gasteiger partial charge < -0.3 is 25.2 Å². The van der Waals surface area contributed by atoms with Gasteiger partial charge in [-0.25, -0.2) is 4.98 Å². The third-order valence-corrected chi connectivity index (χ3v) is 4.63. The third kappa shape index (κ3) is 5.15. The van der Waals surface area contributed by atoms with Crippen molar-refractivity contribution in [3.05, 3.63) is 48.7 Å². The molecule has 0 aliphatic heterocycles. The molecule has 0 spiro atoms. The Hall–Kier alpha value is -3.39. The second-order valence-corrected chi connectivity index (χ2v) is 7.05. The van der Waals surface area contributed by atoms with Crippen LogP contribution in [0.15, 0.2) is 48.7 Å². The molecule has 0 aliphatic carbocycles. The van der Waals surface area contributed by atoms with Crippen molar-refractivity contribution in [1.29, 1.82) is 0 Å². The van der Waals surface area contributed by atoms with E-state index in [0.29, 0.717) is 29.0 Å². The number of methoxy groups -OCH3 is 2. The van der Waals surface area contributed by atoms with E-state index in [2.05, 4.69) is 25.6 Å². The fourth-order valence-corrected chi connectivity index (χ4v) is 2.87. The summed E-state index contributed by atoms with van der Waals surface area (Å²) in [6.45, 7) is 4.03. The molecular formula is C22H27N5O3. The van der Waals surface area contributed by atoms with Crippen LogP contribution in [0, 0.1) is 5.92 Å². The lowest BCUT2D eigenvalue weighted by molar-refractivity contribution is 0.248. The SMILES string of the molecule is COc1ccc(Nc2cc(-c3ccccn3)nc(N[C@H](CO)C(C)C)n2)cc1OC. The van der Waals surface area contributed by atoms with Crippen LogP contribution in [-0.4, -0.2) is 46.9 Å². The fourth-order valence-electron chi connectivity index (χ4n) is 2.87. The van der Waals surface area contributed by atoms with Crippen LogP contribution in [0.3, 0.4) is 0 Å². The first-order chi connectivity index (χ1) is 14.5. The molecule has 0 saturated heterocycles. The van der Waals surface area contributed by atoms with Crippen LogP contribution < -0.4 is 20.1 Å². The molecule has 3 N–H and O–H groups in total. The number of anilines is 3. The number of nitrogens with one attached hydrogen (secondary N) is 2. The number of rotatable bonds is 9. The van der Waals surface area contributed by atoms with Crippen molar-refractivity contribution in [3.63, 3.8) is 0 Å². The van der Waals surface area contributed by atoms with E-state index in [1.807, 2.05) is 56.3 Å². The van der Waals surface area contributed by atoms with Crippen LogP contribution in [-0.2, 0) is 0 Å². The second-order valence-electron chi connectivity index (χ2n) is 7.05. The van der Waals surface area contributed by atoms with Crippen LogP contribution in [0.25, 0.3) is 11.4 Å². The first kappa shape index (κ1) is 21.3. The lowest BCUT2D eigenvalue weighted by Crippen LogP contribution is -2.30. The first-order valence-corrected chi connectivity index (χ1v) is 9.71. The maximum absolute atomic E-state index is 9.68. The van der Waals surface area contributed by atoms with Crippen molar-refractivity contribution in [2.24, 2.45) is 5.92 Å². The number of benzene rings is 1. The van der Waals surface area contributed by atoms with Gasteiger partial charge in [0, 0.05) is 24.0 Å². The van der Waals surface area contributed by atoms with Crippen molar-refractivity contribution in [2.75, 3.05) is 31.5 Å². The quantitative estimate of drug-likeness (QED) is 0.491. The summed E-state index contributed by atoms with van der Waals surface area (Å²) in [6, 6.07) is 12.8. The molecular weight excluding hydrogens is 382 g/mol. The van der Waals surface area contributed by atoms with Gasteiger partial charge in [-0.05, 0) is 30.2 Å². The normalized spacial score (nSPS) is 11.8. The Bertz CT molecular complexity index is 966. The van der Waals surface area contributed by atoms with Crippen LogP contribution in [0.5, 0.6) is 11.5 Å². The number of pyridine rings is 1. The number of ether oxygens (including phenoxy) is 2. The standard InChI is InChI=1S/C22H27N5O3/c1-14(2)18(13-28)26-22-25-17(16-7-5-6-10-23-16)12-21(27-22)24-15-8-9-19(29-3)20(11-15)30-4/h5-12,14,18,28H,13H2,1-4H3,(H2,24,25,26,27)/t18-/m1/s1. The van der Waals surface area contributed by atoms with Gasteiger partial charge in [0.25, 0.3) is 0 Å². The summed E-state index contributed by atoms with van der Waals surface area (Å²) in [7, 11) is 3.19. The molecule has 8 heteroatoms. The van der Waals surface area contributed by atoms with Gasteiger partial charge in [0.1, 0.15) is 5.82 Å². The molecule has 3 rings (SSSR count). The molecule has 8 nitrogen and oxygen atoms in total. The summed E-state index contributed by atoms with van der Waals surface area (Å²) in [4.78, 5) is 13.6. The van der Waals surface area contributed by atoms with Gasteiger partial charge in [-0.15, -0.1) is 0 Å². The van der Waals surface area contributed by atoms with Gasteiger partial charge in [-0.3, -0.25) is 4.98 Å². The molecule has 0 aliphatic rings. The van der Waals surface area contributed by atoms with Gasteiger partial charge >= 0.3 is 0 Å². The Morgan fingerprint density at radius 2 is 1.77 bits per heavy atom. The summed E-state index contributed by atoms with van der Waals surface area (Å²) < 4.78 is 10.7. The highest BCUT2D eigenvalue weighted by atomic mass is 16.5. The molecule has 0 radical (unpaired) electrons. The van der Waals surface area contributed by atoms with Gasteiger partial charge in [-0.1, -0.05) is 19.9 Å². The number of hydrogen-bond acceptors (Lipinski definition) is 8. The topological polar surface area (TPSA) is 101 Å². The molecule has 1 atom stereocenters. The largest absolute Gasteiger partial charge is 0.493 e. The van der Waals surface area contributed by atoms with Gasteiger partial charge in [0.05, 0.1) is 38.3 Å². The Labute approximate surface area is 176 Å². The highest BCUT2D eigenvalue weighted by molar-refractivity contribution is 5.67. The van der Waals surface area contributed by atoms with E-state index in [1.165, 1.54) is 0 Å². The Morgan fingerprint density at radius 1 is 0.967 bits per heavy atom. The summed E-state index contributed by atoms with van der Waals surface area (Å²) >= 11 is 0. The second kappa shape index (κ2) is 9.89.